The molecule has 0 saturated carbocycles. The number of anilines is 1. The number of hydrogen-bond acceptors (Lipinski definition) is 3. The molecule has 1 fully saturated rings. The molecule has 94 valence electrons. The zero-order valence-electron chi connectivity index (χ0n) is 10.7. The topological polar surface area (TPSA) is 29.0 Å². The Hall–Kier alpha value is -2.16. The van der Waals surface area contributed by atoms with E-state index in [0.29, 0.717) is 0 Å². The van der Waals surface area contributed by atoms with Crippen molar-refractivity contribution >= 4 is 27.4 Å². The van der Waals surface area contributed by atoms with Gasteiger partial charge in [0.05, 0.1) is 6.20 Å². The highest BCUT2D eigenvalue weighted by atomic mass is 15.3. The molecule has 19 heavy (non-hydrogen) atoms. The van der Waals surface area contributed by atoms with Crippen molar-refractivity contribution in [2.45, 2.75) is 12.8 Å². The Kier molecular flexibility index (Phi) is 2.37. The van der Waals surface area contributed by atoms with Crippen molar-refractivity contribution in [3.63, 3.8) is 0 Å². The summed E-state index contributed by atoms with van der Waals surface area (Å²) in [4.78, 5) is 2.35. The number of rotatable bonds is 1. The van der Waals surface area contributed by atoms with Gasteiger partial charge < -0.3 is 4.90 Å². The average molecular weight is 249 g/mol. The van der Waals surface area contributed by atoms with Crippen molar-refractivity contribution in [1.82, 2.24) is 10.2 Å². The molecule has 3 nitrogen and oxygen atoms in total. The highest BCUT2D eigenvalue weighted by Gasteiger charge is 2.16. The maximum absolute atomic E-state index is 4.37. The molecular weight excluding hydrogens is 234 g/mol. The number of aromatic nitrogens is 2. The van der Waals surface area contributed by atoms with E-state index in [1.54, 1.807) is 0 Å². The van der Waals surface area contributed by atoms with E-state index in [0.717, 1.165) is 18.9 Å². The van der Waals surface area contributed by atoms with E-state index in [-0.39, 0.29) is 0 Å². The molecule has 0 bridgehead atoms. The van der Waals surface area contributed by atoms with Crippen LogP contribution in [0.5, 0.6) is 0 Å². The van der Waals surface area contributed by atoms with Crippen LogP contribution in [0.4, 0.5) is 5.82 Å². The van der Waals surface area contributed by atoms with Crippen molar-refractivity contribution in [2.24, 2.45) is 0 Å². The van der Waals surface area contributed by atoms with Crippen molar-refractivity contribution in [2.75, 3.05) is 18.0 Å². The van der Waals surface area contributed by atoms with Gasteiger partial charge in [0, 0.05) is 23.9 Å². The van der Waals surface area contributed by atoms with Crippen molar-refractivity contribution in [3.05, 3.63) is 42.6 Å². The van der Waals surface area contributed by atoms with Crippen LogP contribution in [0.1, 0.15) is 12.8 Å². The van der Waals surface area contributed by atoms with E-state index >= 15 is 0 Å². The van der Waals surface area contributed by atoms with Gasteiger partial charge in [0.15, 0.2) is 5.82 Å². The zero-order valence-corrected chi connectivity index (χ0v) is 10.7. The van der Waals surface area contributed by atoms with E-state index in [9.17, 15) is 0 Å². The molecule has 0 radical (unpaired) electrons. The lowest BCUT2D eigenvalue weighted by Crippen LogP contribution is -2.19. The lowest BCUT2D eigenvalue weighted by molar-refractivity contribution is 0.905. The second kappa shape index (κ2) is 4.19. The molecule has 2 heterocycles. The van der Waals surface area contributed by atoms with E-state index in [2.05, 4.69) is 51.5 Å². The third-order valence-electron chi connectivity index (χ3n) is 3.91. The molecule has 3 heteroatoms. The molecule has 0 amide bonds. The summed E-state index contributed by atoms with van der Waals surface area (Å²) >= 11 is 0. The summed E-state index contributed by atoms with van der Waals surface area (Å²) in [5.74, 6) is 1.04. The summed E-state index contributed by atoms with van der Waals surface area (Å²) in [6.45, 7) is 2.20. The third-order valence-corrected chi connectivity index (χ3v) is 3.91. The van der Waals surface area contributed by atoms with Gasteiger partial charge in [-0.3, -0.25) is 0 Å². The van der Waals surface area contributed by atoms with Crippen molar-refractivity contribution in [1.29, 1.82) is 0 Å². The van der Waals surface area contributed by atoms with Crippen LogP contribution in [0, 0.1) is 0 Å². The standard InChI is InChI=1S/C16H15N3/c1-2-6-13-10-15-14(9-12(13)5-1)11-17-18-16(15)19-7-3-4-8-19/h1-2,5-6,9-11H,3-4,7-8H2. The van der Waals surface area contributed by atoms with Gasteiger partial charge in [-0.25, -0.2) is 0 Å². The van der Waals surface area contributed by atoms with Crippen molar-refractivity contribution < 1.29 is 0 Å². The molecule has 0 N–H and O–H groups in total. The van der Waals surface area contributed by atoms with Gasteiger partial charge in [0.25, 0.3) is 0 Å². The smallest absolute Gasteiger partial charge is 0.159 e. The molecule has 0 unspecified atom stereocenters. The van der Waals surface area contributed by atoms with E-state index < -0.39 is 0 Å². The molecule has 0 atom stereocenters. The molecule has 1 aliphatic rings. The Balaban J connectivity index is 2.00. The second-order valence-electron chi connectivity index (χ2n) is 5.15. The van der Waals surface area contributed by atoms with E-state index in [1.165, 1.54) is 34.4 Å². The summed E-state index contributed by atoms with van der Waals surface area (Å²) in [6, 6.07) is 12.9. The fraction of sp³-hybridized carbons (Fsp3) is 0.250. The van der Waals surface area contributed by atoms with Crippen LogP contribution in [-0.4, -0.2) is 23.3 Å². The zero-order chi connectivity index (χ0) is 12.7. The Morgan fingerprint density at radius 2 is 1.63 bits per heavy atom. The SMILES string of the molecule is c1ccc2cc3c(N4CCCC4)nncc3cc2c1. The van der Waals surface area contributed by atoms with E-state index in [4.69, 9.17) is 0 Å². The minimum absolute atomic E-state index is 1.04. The molecule has 1 saturated heterocycles. The molecule has 0 spiro atoms. The molecule has 0 aliphatic carbocycles. The molecule has 2 aromatic carbocycles. The molecular formula is C16H15N3. The first-order valence-corrected chi connectivity index (χ1v) is 6.81. The Morgan fingerprint density at radius 1 is 0.895 bits per heavy atom. The largest absolute Gasteiger partial charge is 0.355 e. The molecule has 4 rings (SSSR count). The molecule has 3 aromatic rings. The maximum Gasteiger partial charge on any atom is 0.159 e. The predicted molar refractivity (Wildman–Crippen MR) is 78.5 cm³/mol. The lowest BCUT2D eigenvalue weighted by Gasteiger charge is -2.17. The first-order valence-electron chi connectivity index (χ1n) is 6.81. The highest BCUT2D eigenvalue weighted by Crippen LogP contribution is 2.29. The number of nitrogens with zero attached hydrogens (tertiary/aromatic N) is 3. The lowest BCUT2D eigenvalue weighted by atomic mass is 10.1. The summed E-state index contributed by atoms with van der Waals surface area (Å²) in [5, 5.41) is 13.5. The van der Waals surface area contributed by atoms with Crippen LogP contribution in [-0.2, 0) is 0 Å². The van der Waals surface area contributed by atoms with Gasteiger partial charge in [-0.2, -0.15) is 5.10 Å². The summed E-state index contributed by atoms with van der Waals surface area (Å²) in [6.07, 6.45) is 4.37. The van der Waals surface area contributed by atoms with Gasteiger partial charge in [-0.15, -0.1) is 5.10 Å². The van der Waals surface area contributed by atoms with Crippen LogP contribution in [0.3, 0.4) is 0 Å². The predicted octanol–water partition coefficient (Wildman–Crippen LogP) is 3.38. The summed E-state index contributed by atoms with van der Waals surface area (Å²) in [5.41, 5.74) is 0. The summed E-state index contributed by atoms with van der Waals surface area (Å²) in [7, 11) is 0. The molecule has 1 aromatic heterocycles. The fourth-order valence-electron chi connectivity index (χ4n) is 2.92. The van der Waals surface area contributed by atoms with Crippen LogP contribution >= 0.6 is 0 Å². The summed E-state index contributed by atoms with van der Waals surface area (Å²) < 4.78 is 0. The monoisotopic (exact) mass is 249 g/mol. The quantitative estimate of drug-likeness (QED) is 0.619. The Bertz CT molecular complexity index is 745. The Labute approximate surface area is 111 Å². The first-order chi connectivity index (χ1) is 9.42. The number of fused-ring (bicyclic) bond motifs is 2. The first kappa shape index (κ1) is 10.7. The van der Waals surface area contributed by atoms with Gasteiger partial charge in [-0.1, -0.05) is 24.3 Å². The van der Waals surface area contributed by atoms with Crippen LogP contribution in [0.25, 0.3) is 21.5 Å². The molecule has 1 aliphatic heterocycles. The second-order valence-corrected chi connectivity index (χ2v) is 5.15. The van der Waals surface area contributed by atoms with Gasteiger partial charge >= 0.3 is 0 Å². The normalized spacial score (nSPS) is 15.5. The van der Waals surface area contributed by atoms with Crippen molar-refractivity contribution in [3.8, 4) is 0 Å². The average Bonchev–Trinajstić information content (AvgIpc) is 2.98. The third kappa shape index (κ3) is 1.73. The van der Waals surface area contributed by atoms with Crippen LogP contribution in [0.15, 0.2) is 42.6 Å². The number of hydrogen-bond donors (Lipinski definition) is 0. The fourth-order valence-corrected chi connectivity index (χ4v) is 2.92. The van der Waals surface area contributed by atoms with Gasteiger partial charge in [0.2, 0.25) is 0 Å². The van der Waals surface area contributed by atoms with Gasteiger partial charge in [0.1, 0.15) is 0 Å². The Morgan fingerprint density at radius 3 is 2.42 bits per heavy atom. The number of benzene rings is 2. The minimum atomic E-state index is 1.04. The maximum atomic E-state index is 4.37. The van der Waals surface area contributed by atoms with E-state index in [1.807, 2.05) is 6.20 Å². The highest BCUT2D eigenvalue weighted by molar-refractivity contribution is 6.02. The van der Waals surface area contributed by atoms with Crippen LogP contribution in [0.2, 0.25) is 0 Å². The minimum Gasteiger partial charge on any atom is -0.355 e. The van der Waals surface area contributed by atoms with Gasteiger partial charge in [-0.05, 0) is 35.7 Å². The van der Waals surface area contributed by atoms with Crippen LogP contribution < -0.4 is 4.90 Å².